The van der Waals surface area contributed by atoms with E-state index in [1.165, 1.54) is 0 Å². The van der Waals surface area contributed by atoms with Gasteiger partial charge in [0.2, 0.25) is 5.95 Å². The van der Waals surface area contributed by atoms with Gasteiger partial charge in [-0.05, 0) is 48.0 Å². The molecule has 0 radical (unpaired) electrons. The number of para-hydroxylation sites is 1. The predicted molar refractivity (Wildman–Crippen MR) is 137 cm³/mol. The topological polar surface area (TPSA) is 96.0 Å². The third-order valence-electron chi connectivity index (χ3n) is 6.22. The molecule has 1 aliphatic heterocycles. The summed E-state index contributed by atoms with van der Waals surface area (Å²) in [6.07, 6.45) is 4.14. The molecular formula is C28H24N6O2. The molecule has 6 rings (SSSR count). The van der Waals surface area contributed by atoms with Crippen LogP contribution in [0.4, 0.5) is 5.95 Å². The lowest BCUT2D eigenvalue weighted by molar-refractivity contribution is 0.0733. The molecule has 0 atom stereocenters. The van der Waals surface area contributed by atoms with Crippen LogP contribution in [0.15, 0.2) is 85.3 Å². The second-order valence-corrected chi connectivity index (χ2v) is 8.69. The quantitative estimate of drug-likeness (QED) is 0.360. The Morgan fingerprint density at radius 3 is 2.81 bits per heavy atom. The first-order valence-corrected chi connectivity index (χ1v) is 11.8. The molecule has 0 bridgehead atoms. The molecule has 5 aromatic rings. The average Bonchev–Trinajstić information content (AvgIpc) is 3.40. The van der Waals surface area contributed by atoms with E-state index in [0.29, 0.717) is 37.6 Å². The summed E-state index contributed by atoms with van der Waals surface area (Å²) < 4.78 is 5.93. The minimum absolute atomic E-state index is 0.00282. The Bertz CT molecular complexity index is 1530. The highest BCUT2D eigenvalue weighted by molar-refractivity contribution is 5.97. The van der Waals surface area contributed by atoms with Crippen LogP contribution in [0.3, 0.4) is 0 Å². The van der Waals surface area contributed by atoms with Crippen LogP contribution < -0.4 is 10.1 Å². The van der Waals surface area contributed by atoms with Crippen molar-refractivity contribution in [1.82, 2.24) is 24.8 Å². The van der Waals surface area contributed by atoms with E-state index in [4.69, 9.17) is 9.72 Å². The van der Waals surface area contributed by atoms with Gasteiger partial charge in [-0.1, -0.05) is 30.3 Å². The van der Waals surface area contributed by atoms with Crippen molar-refractivity contribution in [2.45, 2.75) is 19.5 Å². The van der Waals surface area contributed by atoms with E-state index in [1.54, 1.807) is 6.33 Å². The fourth-order valence-corrected chi connectivity index (χ4v) is 4.35. The second kappa shape index (κ2) is 9.50. The molecule has 1 aliphatic rings. The highest BCUT2D eigenvalue weighted by atomic mass is 16.5. The third kappa shape index (κ3) is 4.61. The fraction of sp³-hybridized carbons (Fsp3) is 0.143. The number of ether oxygens (including phenoxy) is 1. The van der Waals surface area contributed by atoms with Crippen LogP contribution >= 0.6 is 0 Å². The summed E-state index contributed by atoms with van der Waals surface area (Å²) >= 11 is 0. The van der Waals surface area contributed by atoms with Gasteiger partial charge in [0.25, 0.3) is 5.91 Å². The van der Waals surface area contributed by atoms with Crippen molar-refractivity contribution in [3.05, 3.63) is 108 Å². The Balaban J connectivity index is 1.09. The maximum absolute atomic E-state index is 13.1. The Labute approximate surface area is 208 Å². The maximum atomic E-state index is 13.1. The van der Waals surface area contributed by atoms with Crippen molar-refractivity contribution in [2.24, 2.45) is 0 Å². The van der Waals surface area contributed by atoms with E-state index < -0.39 is 0 Å². The molecule has 0 aliphatic carbocycles. The molecule has 3 heterocycles. The van der Waals surface area contributed by atoms with Crippen molar-refractivity contribution in [1.29, 1.82) is 0 Å². The number of H-pyrrole nitrogens is 1. The zero-order valence-corrected chi connectivity index (χ0v) is 19.5. The Hall–Kier alpha value is -4.72. The number of nitrogens with zero attached hydrogens (tertiary/aromatic N) is 4. The van der Waals surface area contributed by atoms with Crippen molar-refractivity contribution >= 4 is 22.9 Å². The van der Waals surface area contributed by atoms with Gasteiger partial charge in [-0.2, -0.15) is 0 Å². The van der Waals surface area contributed by atoms with E-state index in [9.17, 15) is 4.79 Å². The third-order valence-corrected chi connectivity index (χ3v) is 6.22. The summed E-state index contributed by atoms with van der Waals surface area (Å²) in [6, 6.07) is 23.2. The Kier molecular flexibility index (Phi) is 5.75. The van der Waals surface area contributed by atoms with Crippen LogP contribution in [0.2, 0.25) is 0 Å². The molecule has 0 saturated heterocycles. The van der Waals surface area contributed by atoms with Gasteiger partial charge >= 0.3 is 0 Å². The summed E-state index contributed by atoms with van der Waals surface area (Å²) in [5.41, 5.74) is 5.36. The number of aromatic nitrogens is 4. The molecular weight excluding hydrogens is 452 g/mol. The maximum Gasteiger partial charge on any atom is 0.254 e. The number of hydrogen-bond donors (Lipinski definition) is 2. The molecule has 2 N–H and O–H groups in total. The van der Waals surface area contributed by atoms with Crippen LogP contribution in [-0.2, 0) is 19.5 Å². The molecule has 178 valence electrons. The number of fused-ring (bicyclic) bond motifs is 2. The van der Waals surface area contributed by atoms with Crippen LogP contribution in [0.25, 0.3) is 11.0 Å². The number of benzene rings is 3. The zero-order valence-electron chi connectivity index (χ0n) is 19.5. The Morgan fingerprint density at radius 2 is 1.89 bits per heavy atom. The van der Waals surface area contributed by atoms with E-state index in [-0.39, 0.29) is 5.91 Å². The lowest BCUT2D eigenvalue weighted by Crippen LogP contribution is -2.36. The van der Waals surface area contributed by atoms with Crippen LogP contribution in [-0.4, -0.2) is 37.3 Å². The highest BCUT2D eigenvalue weighted by Gasteiger charge is 2.23. The van der Waals surface area contributed by atoms with Crippen molar-refractivity contribution in [2.75, 3.05) is 11.9 Å². The average molecular weight is 477 g/mol. The molecule has 2 aromatic heterocycles. The van der Waals surface area contributed by atoms with E-state index >= 15 is 0 Å². The van der Waals surface area contributed by atoms with Gasteiger partial charge in [0.15, 0.2) is 0 Å². The van der Waals surface area contributed by atoms with Gasteiger partial charge in [0.05, 0.1) is 23.1 Å². The number of nitrogens with one attached hydrogen (secondary N) is 2. The monoisotopic (exact) mass is 476 g/mol. The molecule has 1 amide bonds. The number of anilines is 1. The normalized spacial score (nSPS) is 12.8. The lowest BCUT2D eigenvalue weighted by atomic mass is 10.1. The number of imidazole rings is 1. The van der Waals surface area contributed by atoms with E-state index in [1.807, 2.05) is 83.9 Å². The minimum atomic E-state index is -0.00282. The van der Waals surface area contributed by atoms with Gasteiger partial charge in [0, 0.05) is 43.4 Å². The summed E-state index contributed by atoms with van der Waals surface area (Å²) in [7, 11) is 0. The van der Waals surface area contributed by atoms with Crippen LogP contribution in [0, 0.1) is 0 Å². The first-order valence-electron chi connectivity index (χ1n) is 11.8. The standard InChI is InChI=1S/C28H24N6O2/c35-27(20-9-10-25-26(14-20)32-18-31-25)34-12-11-24-21(17-34)16-30-28(33-24)29-15-19-5-4-8-23(13-19)36-22-6-2-1-3-7-22/h1-10,13-14,16,18H,11-12,15,17H2,(H,31,32)(H,29,30,33). The number of rotatable bonds is 6. The molecule has 0 spiro atoms. The number of aromatic amines is 1. The van der Waals surface area contributed by atoms with E-state index in [2.05, 4.69) is 20.3 Å². The molecule has 3 aromatic carbocycles. The SMILES string of the molecule is O=C(c1ccc2nc[nH]c2c1)N1CCc2nc(NCc3cccc(Oc4ccccc4)c3)ncc2C1. The summed E-state index contributed by atoms with van der Waals surface area (Å²) in [4.78, 5) is 31.4. The predicted octanol–water partition coefficient (Wildman–Crippen LogP) is 4.96. The highest BCUT2D eigenvalue weighted by Crippen LogP contribution is 2.23. The number of amides is 1. The van der Waals surface area contributed by atoms with Gasteiger partial charge in [-0.25, -0.2) is 15.0 Å². The molecule has 0 fully saturated rings. The minimum Gasteiger partial charge on any atom is -0.457 e. The molecule has 36 heavy (non-hydrogen) atoms. The first kappa shape index (κ1) is 21.8. The number of carbonyl (C=O) groups is 1. The van der Waals surface area contributed by atoms with Crippen LogP contribution in [0.1, 0.15) is 27.2 Å². The van der Waals surface area contributed by atoms with Gasteiger partial charge in [-0.3, -0.25) is 4.79 Å². The molecule has 8 nitrogen and oxygen atoms in total. The van der Waals surface area contributed by atoms with Crippen molar-refractivity contribution < 1.29 is 9.53 Å². The van der Waals surface area contributed by atoms with Crippen LogP contribution in [0.5, 0.6) is 11.5 Å². The van der Waals surface area contributed by atoms with Gasteiger partial charge in [-0.15, -0.1) is 0 Å². The van der Waals surface area contributed by atoms with Gasteiger partial charge < -0.3 is 19.9 Å². The first-order chi connectivity index (χ1) is 17.7. The molecule has 8 heteroatoms. The van der Waals surface area contributed by atoms with E-state index in [0.717, 1.165) is 39.4 Å². The molecule has 0 saturated carbocycles. The Morgan fingerprint density at radius 1 is 1.00 bits per heavy atom. The summed E-state index contributed by atoms with van der Waals surface area (Å²) in [5.74, 6) is 2.16. The zero-order chi connectivity index (χ0) is 24.3. The molecule has 0 unspecified atom stereocenters. The van der Waals surface area contributed by atoms with Crippen molar-refractivity contribution in [3.63, 3.8) is 0 Å². The summed E-state index contributed by atoms with van der Waals surface area (Å²) in [5, 5.41) is 3.31. The lowest BCUT2D eigenvalue weighted by Gasteiger charge is -2.28. The second-order valence-electron chi connectivity index (χ2n) is 8.69. The smallest absolute Gasteiger partial charge is 0.254 e. The largest absolute Gasteiger partial charge is 0.457 e. The summed E-state index contributed by atoms with van der Waals surface area (Å²) in [6.45, 7) is 1.68. The van der Waals surface area contributed by atoms with Crippen molar-refractivity contribution in [3.8, 4) is 11.5 Å². The number of hydrogen-bond acceptors (Lipinski definition) is 6. The number of carbonyl (C=O) groups excluding carboxylic acids is 1. The fourth-order valence-electron chi connectivity index (χ4n) is 4.35. The van der Waals surface area contributed by atoms with Gasteiger partial charge in [0.1, 0.15) is 11.5 Å².